The molecule has 92 valence electrons. The number of hydrogen-bond donors (Lipinski definition) is 2. The average Bonchev–Trinajstić information content (AvgIpc) is 2.01. The number of hydrogen-bond acceptors (Lipinski definition) is 2. The minimum atomic E-state index is -4.97. The molecular formula is C6H8F7NO. The highest BCUT2D eigenvalue weighted by Gasteiger charge is 2.42. The van der Waals surface area contributed by atoms with E-state index in [1.54, 1.807) is 0 Å². The molecule has 9 heteroatoms. The van der Waals surface area contributed by atoms with Crippen molar-refractivity contribution in [1.82, 2.24) is 5.32 Å². The molecule has 0 saturated heterocycles. The van der Waals surface area contributed by atoms with Crippen LogP contribution in [0, 0.1) is 0 Å². The van der Waals surface area contributed by atoms with Crippen LogP contribution in [0.4, 0.5) is 30.7 Å². The van der Waals surface area contributed by atoms with Crippen LogP contribution >= 0.6 is 0 Å². The minimum Gasteiger partial charge on any atom is -0.382 e. The molecule has 1 unspecified atom stereocenters. The van der Waals surface area contributed by atoms with Gasteiger partial charge in [0.1, 0.15) is 0 Å². The van der Waals surface area contributed by atoms with Gasteiger partial charge in [-0.25, -0.2) is 8.78 Å². The second kappa shape index (κ2) is 4.97. The van der Waals surface area contributed by atoms with E-state index in [1.807, 2.05) is 0 Å². The van der Waals surface area contributed by atoms with Gasteiger partial charge >= 0.3 is 18.5 Å². The molecule has 15 heavy (non-hydrogen) atoms. The summed E-state index contributed by atoms with van der Waals surface area (Å²) in [7, 11) is 0. The summed E-state index contributed by atoms with van der Waals surface area (Å²) in [6.45, 7) is -2.89. The summed E-state index contributed by atoms with van der Waals surface area (Å²) in [5, 5.41) is 9.71. The van der Waals surface area contributed by atoms with Crippen LogP contribution in [-0.2, 0) is 0 Å². The number of halogens is 7. The van der Waals surface area contributed by atoms with Gasteiger partial charge in [0.15, 0.2) is 6.10 Å². The van der Waals surface area contributed by atoms with Crippen molar-refractivity contribution in [1.29, 1.82) is 0 Å². The maximum absolute atomic E-state index is 12.1. The lowest BCUT2D eigenvalue weighted by molar-refractivity contribution is -0.203. The smallest absolute Gasteiger partial charge is 0.382 e. The van der Waals surface area contributed by atoms with E-state index < -0.39 is 37.7 Å². The largest absolute Gasteiger partial charge is 0.415 e. The monoisotopic (exact) mass is 243 g/mol. The number of nitrogens with one attached hydrogen (secondary N) is 1. The Hall–Kier alpha value is -0.570. The van der Waals surface area contributed by atoms with Crippen molar-refractivity contribution in [2.45, 2.75) is 24.6 Å². The number of alkyl halides is 7. The van der Waals surface area contributed by atoms with Gasteiger partial charge in [-0.2, -0.15) is 22.0 Å². The first-order chi connectivity index (χ1) is 6.57. The summed E-state index contributed by atoms with van der Waals surface area (Å²) >= 11 is 0. The molecule has 0 amide bonds. The van der Waals surface area contributed by atoms with Crippen LogP contribution in [0.3, 0.4) is 0 Å². The Kier molecular flexibility index (Phi) is 4.78. The van der Waals surface area contributed by atoms with E-state index >= 15 is 0 Å². The summed E-state index contributed by atoms with van der Waals surface area (Å²) in [4.78, 5) is 0. The lowest BCUT2D eigenvalue weighted by atomic mass is 10.3. The Labute approximate surface area is 80.1 Å². The van der Waals surface area contributed by atoms with Gasteiger partial charge in [0, 0.05) is 6.54 Å². The van der Waals surface area contributed by atoms with Crippen LogP contribution < -0.4 is 5.32 Å². The van der Waals surface area contributed by atoms with E-state index in [2.05, 4.69) is 0 Å². The number of aliphatic hydroxyl groups is 1. The minimum absolute atomic E-state index is 1.26. The van der Waals surface area contributed by atoms with Gasteiger partial charge in [-0.1, -0.05) is 0 Å². The molecule has 2 N–H and O–H groups in total. The molecule has 0 spiro atoms. The summed E-state index contributed by atoms with van der Waals surface area (Å²) in [5.74, 6) is -4.41. The zero-order chi connectivity index (χ0) is 12.3. The van der Waals surface area contributed by atoms with Crippen molar-refractivity contribution in [2.75, 3.05) is 13.1 Å². The summed E-state index contributed by atoms with van der Waals surface area (Å²) in [6.07, 6.45) is -11.8. The van der Waals surface area contributed by atoms with Gasteiger partial charge in [0.25, 0.3) is 0 Å². The Morgan fingerprint density at radius 2 is 1.53 bits per heavy atom. The molecule has 0 heterocycles. The van der Waals surface area contributed by atoms with Crippen molar-refractivity contribution >= 4 is 0 Å². The quantitative estimate of drug-likeness (QED) is 0.715. The van der Waals surface area contributed by atoms with Crippen LogP contribution in [0.2, 0.25) is 0 Å². The first kappa shape index (κ1) is 14.4. The van der Waals surface area contributed by atoms with E-state index in [9.17, 15) is 30.7 Å². The normalized spacial score (nSPS) is 15.8. The van der Waals surface area contributed by atoms with E-state index in [0.29, 0.717) is 0 Å². The van der Waals surface area contributed by atoms with Crippen molar-refractivity contribution in [3.8, 4) is 0 Å². The van der Waals surface area contributed by atoms with Gasteiger partial charge in [-0.15, -0.1) is 0 Å². The molecule has 0 aromatic heterocycles. The zero-order valence-electron chi connectivity index (χ0n) is 7.16. The standard InChI is InChI=1S/C6H8F7NO/c7-4(8)5(9,10)2-14-1-3(15)6(11,12)13/h3-4,14-15H,1-2H2. The fourth-order valence-corrected chi connectivity index (χ4v) is 0.568. The second-order valence-corrected chi connectivity index (χ2v) is 2.75. The van der Waals surface area contributed by atoms with E-state index in [0.717, 1.165) is 0 Å². The number of aliphatic hydroxyl groups excluding tert-OH is 1. The first-order valence-corrected chi connectivity index (χ1v) is 3.69. The highest BCUT2D eigenvalue weighted by atomic mass is 19.4. The second-order valence-electron chi connectivity index (χ2n) is 2.75. The van der Waals surface area contributed by atoms with Crippen LogP contribution in [-0.4, -0.2) is 42.8 Å². The van der Waals surface area contributed by atoms with E-state index in [-0.39, 0.29) is 0 Å². The Morgan fingerprint density at radius 1 is 1.07 bits per heavy atom. The summed E-state index contributed by atoms with van der Waals surface area (Å²) in [6, 6.07) is 0. The third kappa shape index (κ3) is 5.17. The van der Waals surface area contributed by atoms with Crippen LogP contribution in [0.1, 0.15) is 0 Å². The molecule has 0 rings (SSSR count). The fraction of sp³-hybridized carbons (Fsp3) is 1.00. The number of rotatable bonds is 5. The van der Waals surface area contributed by atoms with Crippen LogP contribution in [0.5, 0.6) is 0 Å². The predicted molar refractivity (Wildman–Crippen MR) is 35.9 cm³/mol. The van der Waals surface area contributed by atoms with E-state index in [4.69, 9.17) is 5.11 Å². The van der Waals surface area contributed by atoms with Crippen LogP contribution in [0.25, 0.3) is 0 Å². The molecule has 0 aromatic carbocycles. The van der Waals surface area contributed by atoms with E-state index in [1.165, 1.54) is 5.32 Å². The third-order valence-electron chi connectivity index (χ3n) is 1.40. The lowest BCUT2D eigenvalue weighted by Crippen LogP contribution is -2.44. The highest BCUT2D eigenvalue weighted by Crippen LogP contribution is 2.22. The van der Waals surface area contributed by atoms with Gasteiger partial charge in [0.2, 0.25) is 0 Å². The highest BCUT2D eigenvalue weighted by molar-refractivity contribution is 4.75. The van der Waals surface area contributed by atoms with Crippen molar-refractivity contribution < 1.29 is 35.8 Å². The summed E-state index contributed by atoms with van der Waals surface area (Å²) in [5.41, 5.74) is 0. The summed E-state index contributed by atoms with van der Waals surface area (Å²) < 4.78 is 82.0. The van der Waals surface area contributed by atoms with Crippen LogP contribution in [0.15, 0.2) is 0 Å². The predicted octanol–water partition coefficient (Wildman–Crippen LogP) is 1.40. The molecule has 2 nitrogen and oxygen atoms in total. The van der Waals surface area contributed by atoms with Gasteiger partial charge in [0.05, 0.1) is 6.54 Å². The molecule has 0 aliphatic rings. The maximum atomic E-state index is 12.1. The zero-order valence-corrected chi connectivity index (χ0v) is 7.16. The van der Waals surface area contributed by atoms with Crippen molar-refractivity contribution in [3.63, 3.8) is 0 Å². The molecule has 0 radical (unpaired) electrons. The SMILES string of the molecule is OC(CNCC(F)(F)C(F)F)C(F)(F)F. The van der Waals surface area contributed by atoms with Gasteiger partial charge < -0.3 is 10.4 Å². The lowest BCUT2D eigenvalue weighted by Gasteiger charge is -2.18. The Morgan fingerprint density at radius 3 is 1.87 bits per heavy atom. The molecule has 0 aromatic rings. The Balaban J connectivity index is 3.90. The molecule has 0 aliphatic carbocycles. The molecule has 0 aliphatic heterocycles. The fourth-order valence-electron chi connectivity index (χ4n) is 0.568. The average molecular weight is 243 g/mol. The third-order valence-corrected chi connectivity index (χ3v) is 1.40. The molecule has 0 saturated carbocycles. The Bertz CT molecular complexity index is 192. The molecular weight excluding hydrogens is 235 g/mol. The molecule has 0 bridgehead atoms. The first-order valence-electron chi connectivity index (χ1n) is 3.69. The van der Waals surface area contributed by atoms with Gasteiger partial charge in [-0.3, -0.25) is 0 Å². The molecule has 1 atom stereocenters. The van der Waals surface area contributed by atoms with Gasteiger partial charge in [-0.05, 0) is 0 Å². The molecule has 0 fully saturated rings. The van der Waals surface area contributed by atoms with Crippen molar-refractivity contribution in [2.24, 2.45) is 0 Å². The topological polar surface area (TPSA) is 32.3 Å². The maximum Gasteiger partial charge on any atom is 0.415 e. The van der Waals surface area contributed by atoms with Crippen molar-refractivity contribution in [3.05, 3.63) is 0 Å².